The van der Waals surface area contributed by atoms with Crippen LogP contribution in [0.15, 0.2) is 18.7 Å². The van der Waals surface area contributed by atoms with Crippen molar-refractivity contribution in [3.63, 3.8) is 0 Å². The first kappa shape index (κ1) is 15.0. The molecule has 0 aliphatic heterocycles. The van der Waals surface area contributed by atoms with Gasteiger partial charge in [0.15, 0.2) is 0 Å². The molecule has 0 aliphatic carbocycles. The minimum Gasteiger partial charge on any atom is -0.309 e. The number of rotatable bonds is 9. The zero-order valence-corrected chi connectivity index (χ0v) is 12.1. The van der Waals surface area contributed by atoms with Crippen molar-refractivity contribution in [3.8, 4) is 0 Å². The maximum Gasteiger partial charge on any atom is 0.0625 e. The molecule has 102 valence electrons. The molecule has 18 heavy (non-hydrogen) atoms. The average molecular weight is 249 g/mol. The van der Waals surface area contributed by atoms with Gasteiger partial charge in [0.05, 0.1) is 11.4 Å². The number of nitrogens with zero attached hydrogens (tertiary/aromatic N) is 2. The van der Waals surface area contributed by atoms with E-state index in [-0.39, 0.29) is 0 Å². The van der Waals surface area contributed by atoms with Gasteiger partial charge in [0.2, 0.25) is 0 Å². The summed E-state index contributed by atoms with van der Waals surface area (Å²) in [6, 6.07) is 2.67. The van der Waals surface area contributed by atoms with Crippen LogP contribution in [0.4, 0.5) is 0 Å². The Hall–Kier alpha value is -1.09. The number of nitrogens with one attached hydrogen (secondary N) is 1. The van der Waals surface area contributed by atoms with Crippen LogP contribution in [0.3, 0.4) is 0 Å². The Morgan fingerprint density at radius 3 is 2.78 bits per heavy atom. The van der Waals surface area contributed by atoms with Crippen molar-refractivity contribution in [2.45, 2.75) is 59.0 Å². The van der Waals surface area contributed by atoms with Crippen molar-refractivity contribution in [3.05, 3.63) is 30.1 Å². The van der Waals surface area contributed by atoms with Crippen LogP contribution in [0.1, 0.15) is 57.5 Å². The summed E-state index contributed by atoms with van der Waals surface area (Å²) in [4.78, 5) is 0. The molecule has 0 bridgehead atoms. The highest BCUT2D eigenvalue weighted by Gasteiger charge is 2.16. The van der Waals surface area contributed by atoms with Crippen molar-refractivity contribution in [2.75, 3.05) is 6.54 Å². The maximum atomic E-state index is 4.64. The lowest BCUT2D eigenvalue weighted by Crippen LogP contribution is -2.23. The average Bonchev–Trinajstić information content (AvgIpc) is 2.81. The lowest BCUT2D eigenvalue weighted by Gasteiger charge is -2.18. The Morgan fingerprint density at radius 2 is 2.22 bits per heavy atom. The van der Waals surface area contributed by atoms with Gasteiger partial charge in [0.25, 0.3) is 0 Å². The first-order valence-corrected chi connectivity index (χ1v) is 7.17. The van der Waals surface area contributed by atoms with Gasteiger partial charge < -0.3 is 5.32 Å². The second kappa shape index (κ2) is 8.09. The van der Waals surface area contributed by atoms with E-state index in [2.05, 4.69) is 48.5 Å². The molecule has 1 N–H and O–H groups in total. The molecular formula is C15H27N3. The van der Waals surface area contributed by atoms with Crippen LogP contribution < -0.4 is 5.32 Å². The third kappa shape index (κ3) is 3.98. The summed E-state index contributed by atoms with van der Waals surface area (Å²) in [6.07, 6.45) is 6.41. The highest BCUT2D eigenvalue weighted by molar-refractivity contribution is 5.14. The van der Waals surface area contributed by atoms with Gasteiger partial charge in [-0.3, -0.25) is 4.68 Å². The SMILES string of the molecule is C=CCCCC(NCC)c1cc(CC)nn1CC. The van der Waals surface area contributed by atoms with Crippen LogP contribution in [0.25, 0.3) is 0 Å². The zero-order valence-electron chi connectivity index (χ0n) is 12.1. The normalized spacial score (nSPS) is 12.6. The van der Waals surface area contributed by atoms with Crippen LogP contribution in [0, 0.1) is 0 Å². The van der Waals surface area contributed by atoms with Crippen molar-refractivity contribution < 1.29 is 0 Å². The predicted molar refractivity (Wildman–Crippen MR) is 77.7 cm³/mol. The molecule has 0 aromatic carbocycles. The van der Waals surface area contributed by atoms with Crippen LogP contribution in [-0.4, -0.2) is 16.3 Å². The van der Waals surface area contributed by atoms with E-state index in [1.54, 1.807) is 0 Å². The number of aromatic nitrogens is 2. The zero-order chi connectivity index (χ0) is 13.4. The number of hydrogen-bond donors (Lipinski definition) is 1. The Morgan fingerprint density at radius 1 is 1.44 bits per heavy atom. The predicted octanol–water partition coefficient (Wildman–Crippen LogP) is 3.47. The Kier molecular flexibility index (Phi) is 6.73. The van der Waals surface area contributed by atoms with Crippen molar-refractivity contribution in [1.82, 2.24) is 15.1 Å². The summed E-state index contributed by atoms with van der Waals surface area (Å²) in [7, 11) is 0. The van der Waals surface area contributed by atoms with Gasteiger partial charge in [-0.15, -0.1) is 6.58 Å². The number of unbranched alkanes of at least 4 members (excludes halogenated alkanes) is 1. The fraction of sp³-hybridized carbons (Fsp3) is 0.667. The van der Waals surface area contributed by atoms with Gasteiger partial charge in [-0.2, -0.15) is 5.10 Å². The van der Waals surface area contributed by atoms with Crippen LogP contribution in [0.2, 0.25) is 0 Å². The summed E-state index contributed by atoms with van der Waals surface area (Å²) in [5, 5.41) is 8.21. The quantitative estimate of drug-likeness (QED) is 0.536. The molecule has 1 aromatic heterocycles. The Balaban J connectivity index is 2.81. The number of aryl methyl sites for hydroxylation is 2. The molecule has 0 fully saturated rings. The summed E-state index contributed by atoms with van der Waals surface area (Å²) in [5.41, 5.74) is 2.53. The molecule has 3 heteroatoms. The van der Waals surface area contributed by atoms with E-state index in [0.29, 0.717) is 6.04 Å². The summed E-state index contributed by atoms with van der Waals surface area (Å²) >= 11 is 0. The topological polar surface area (TPSA) is 29.9 Å². The molecule has 1 aromatic rings. The van der Waals surface area contributed by atoms with E-state index in [9.17, 15) is 0 Å². The molecule has 0 spiro atoms. The van der Waals surface area contributed by atoms with Crippen molar-refractivity contribution in [2.24, 2.45) is 0 Å². The van der Waals surface area contributed by atoms with Crippen LogP contribution in [-0.2, 0) is 13.0 Å². The molecule has 0 amide bonds. The van der Waals surface area contributed by atoms with Crippen molar-refractivity contribution >= 4 is 0 Å². The third-order valence-electron chi connectivity index (χ3n) is 3.23. The van der Waals surface area contributed by atoms with E-state index >= 15 is 0 Å². The minimum absolute atomic E-state index is 0.419. The first-order valence-electron chi connectivity index (χ1n) is 7.17. The molecule has 1 rings (SSSR count). The smallest absolute Gasteiger partial charge is 0.0625 e. The van der Waals surface area contributed by atoms with Gasteiger partial charge in [0, 0.05) is 12.6 Å². The second-order valence-electron chi connectivity index (χ2n) is 4.56. The highest BCUT2D eigenvalue weighted by Crippen LogP contribution is 2.21. The Bertz CT molecular complexity index is 355. The monoisotopic (exact) mass is 249 g/mol. The fourth-order valence-corrected chi connectivity index (χ4v) is 2.26. The molecule has 3 nitrogen and oxygen atoms in total. The molecule has 1 unspecified atom stereocenters. The van der Waals surface area contributed by atoms with Gasteiger partial charge in [-0.25, -0.2) is 0 Å². The summed E-state index contributed by atoms with van der Waals surface area (Å²) in [6.45, 7) is 12.2. The van der Waals surface area contributed by atoms with Gasteiger partial charge in [-0.05, 0) is 45.2 Å². The maximum absolute atomic E-state index is 4.64. The van der Waals surface area contributed by atoms with Gasteiger partial charge >= 0.3 is 0 Å². The molecule has 0 radical (unpaired) electrons. The van der Waals surface area contributed by atoms with E-state index in [1.165, 1.54) is 17.8 Å². The van der Waals surface area contributed by atoms with E-state index in [4.69, 9.17) is 0 Å². The Labute approximate surface area is 111 Å². The lowest BCUT2D eigenvalue weighted by atomic mass is 10.1. The van der Waals surface area contributed by atoms with Crippen LogP contribution >= 0.6 is 0 Å². The van der Waals surface area contributed by atoms with Gasteiger partial charge in [0.1, 0.15) is 0 Å². The fourth-order valence-electron chi connectivity index (χ4n) is 2.26. The van der Waals surface area contributed by atoms with E-state index < -0.39 is 0 Å². The molecule has 0 aliphatic rings. The molecule has 1 heterocycles. The van der Waals surface area contributed by atoms with Crippen molar-refractivity contribution in [1.29, 1.82) is 0 Å². The number of hydrogen-bond acceptors (Lipinski definition) is 2. The molecular weight excluding hydrogens is 222 g/mol. The standard InChI is InChI=1S/C15H27N3/c1-5-9-10-11-14(16-7-3)15-12-13(6-2)17-18(15)8-4/h5,12,14,16H,1,6-11H2,2-4H3. The molecule has 0 saturated carbocycles. The summed E-state index contributed by atoms with van der Waals surface area (Å²) in [5.74, 6) is 0. The first-order chi connectivity index (χ1) is 8.76. The third-order valence-corrected chi connectivity index (χ3v) is 3.23. The number of allylic oxidation sites excluding steroid dienone is 1. The largest absolute Gasteiger partial charge is 0.309 e. The molecule has 1 atom stereocenters. The van der Waals surface area contributed by atoms with E-state index in [0.717, 1.165) is 32.4 Å². The second-order valence-corrected chi connectivity index (χ2v) is 4.56. The lowest BCUT2D eigenvalue weighted by molar-refractivity contribution is 0.456. The van der Waals surface area contributed by atoms with Gasteiger partial charge in [-0.1, -0.05) is 19.9 Å². The summed E-state index contributed by atoms with van der Waals surface area (Å²) < 4.78 is 2.14. The molecule has 0 saturated heterocycles. The minimum atomic E-state index is 0.419. The highest BCUT2D eigenvalue weighted by atomic mass is 15.3. The van der Waals surface area contributed by atoms with E-state index in [1.807, 2.05) is 6.08 Å². The van der Waals surface area contributed by atoms with Crippen LogP contribution in [0.5, 0.6) is 0 Å².